The Bertz CT molecular complexity index is 1360. The van der Waals surface area contributed by atoms with E-state index in [4.69, 9.17) is 4.74 Å². The molecule has 2 N–H and O–H groups in total. The molecule has 1 spiro atoms. The maximum absolute atomic E-state index is 13.9. The summed E-state index contributed by atoms with van der Waals surface area (Å²) in [6.07, 6.45) is 6.49. The van der Waals surface area contributed by atoms with Crippen LogP contribution in [0.2, 0.25) is 0 Å². The van der Waals surface area contributed by atoms with Gasteiger partial charge in [-0.2, -0.15) is 5.10 Å². The van der Waals surface area contributed by atoms with Gasteiger partial charge >= 0.3 is 0 Å². The van der Waals surface area contributed by atoms with Gasteiger partial charge in [-0.3, -0.25) is 14.3 Å². The first-order valence-corrected chi connectivity index (χ1v) is 13.8. The Labute approximate surface area is 228 Å². The minimum absolute atomic E-state index is 0.0107. The Kier molecular flexibility index (Phi) is 6.62. The summed E-state index contributed by atoms with van der Waals surface area (Å²) in [4.78, 5) is 34.1. The van der Waals surface area contributed by atoms with Crippen molar-refractivity contribution >= 4 is 23.3 Å². The van der Waals surface area contributed by atoms with Crippen molar-refractivity contribution < 1.29 is 14.3 Å². The summed E-state index contributed by atoms with van der Waals surface area (Å²) in [5.41, 5.74) is 3.45. The van der Waals surface area contributed by atoms with Gasteiger partial charge in [0.2, 0.25) is 5.91 Å². The van der Waals surface area contributed by atoms with Gasteiger partial charge in [-0.15, -0.1) is 0 Å². The molecule has 1 saturated heterocycles. The molecule has 1 aromatic carbocycles. The number of carbonyl (C=O) groups is 2. The Balaban J connectivity index is 1.24. The maximum Gasteiger partial charge on any atom is 0.270 e. The number of nitrogens with one attached hydrogen (secondary N) is 2. The maximum atomic E-state index is 13.9. The first-order chi connectivity index (χ1) is 18.8. The van der Waals surface area contributed by atoms with E-state index >= 15 is 0 Å². The van der Waals surface area contributed by atoms with Gasteiger partial charge in [0.1, 0.15) is 17.6 Å². The van der Waals surface area contributed by atoms with Crippen LogP contribution in [0.4, 0.5) is 11.5 Å². The summed E-state index contributed by atoms with van der Waals surface area (Å²) < 4.78 is 7.41. The zero-order valence-electron chi connectivity index (χ0n) is 22.8. The van der Waals surface area contributed by atoms with Gasteiger partial charge in [0.15, 0.2) is 0 Å². The van der Waals surface area contributed by atoms with Crippen LogP contribution in [0, 0.1) is 11.3 Å². The van der Waals surface area contributed by atoms with Crippen LogP contribution >= 0.6 is 0 Å². The van der Waals surface area contributed by atoms with Crippen LogP contribution in [0.25, 0.3) is 0 Å². The van der Waals surface area contributed by atoms with E-state index in [1.807, 2.05) is 24.3 Å². The number of hydrogen-bond donors (Lipinski definition) is 2. The van der Waals surface area contributed by atoms with Crippen molar-refractivity contribution in [1.82, 2.24) is 20.1 Å². The summed E-state index contributed by atoms with van der Waals surface area (Å²) in [7, 11) is 1.72. The molecular formula is C30H36N6O3. The molecule has 0 bridgehead atoms. The van der Waals surface area contributed by atoms with Crippen molar-refractivity contribution in [2.24, 2.45) is 18.4 Å². The van der Waals surface area contributed by atoms with Crippen LogP contribution in [0.1, 0.15) is 54.2 Å². The number of rotatable bonds is 7. The number of aromatic nitrogens is 3. The Morgan fingerprint density at radius 1 is 1.13 bits per heavy atom. The first-order valence-electron chi connectivity index (χ1n) is 13.8. The minimum Gasteiger partial charge on any atom is -0.374 e. The molecular weight excluding hydrogens is 492 g/mol. The topological polar surface area (TPSA) is 101 Å². The minimum atomic E-state index is -0.732. The number of fused-ring (bicyclic) bond motifs is 1. The lowest BCUT2D eigenvalue weighted by Crippen LogP contribution is -2.49. The fourth-order valence-corrected chi connectivity index (χ4v) is 6.27. The Morgan fingerprint density at radius 2 is 1.95 bits per heavy atom. The van der Waals surface area contributed by atoms with E-state index in [2.05, 4.69) is 51.6 Å². The molecule has 6 rings (SSSR count). The van der Waals surface area contributed by atoms with Crippen molar-refractivity contribution in [3.05, 3.63) is 71.7 Å². The molecule has 3 aromatic rings. The predicted octanol–water partition coefficient (Wildman–Crippen LogP) is 3.53. The number of anilines is 2. The Morgan fingerprint density at radius 3 is 2.64 bits per heavy atom. The predicted molar refractivity (Wildman–Crippen MR) is 149 cm³/mol. The summed E-state index contributed by atoms with van der Waals surface area (Å²) in [6, 6.07) is 13.1. The smallest absolute Gasteiger partial charge is 0.270 e. The Hall–Kier alpha value is -3.72. The number of morpholine rings is 1. The van der Waals surface area contributed by atoms with E-state index in [0.29, 0.717) is 23.9 Å². The van der Waals surface area contributed by atoms with Gasteiger partial charge < -0.3 is 20.3 Å². The molecule has 2 aliphatic carbocycles. The highest BCUT2D eigenvalue weighted by Crippen LogP contribution is 2.64. The third kappa shape index (κ3) is 4.91. The third-order valence-electron chi connectivity index (χ3n) is 8.62. The van der Waals surface area contributed by atoms with Crippen molar-refractivity contribution in [3.63, 3.8) is 0 Å². The van der Waals surface area contributed by atoms with Gasteiger partial charge in [-0.05, 0) is 59.9 Å². The van der Waals surface area contributed by atoms with Gasteiger partial charge in [-0.25, -0.2) is 4.98 Å². The molecule has 2 amide bonds. The molecule has 2 aromatic heterocycles. The molecule has 1 saturated carbocycles. The number of benzene rings is 1. The molecule has 3 atom stereocenters. The van der Waals surface area contributed by atoms with Crippen molar-refractivity contribution in [3.8, 4) is 0 Å². The fraction of sp³-hybridized carbons (Fsp3) is 0.467. The van der Waals surface area contributed by atoms with Gasteiger partial charge in [0.05, 0.1) is 24.6 Å². The van der Waals surface area contributed by atoms with Crippen molar-refractivity contribution in [2.45, 2.75) is 51.2 Å². The number of aryl methyl sites for hydroxylation is 1. The largest absolute Gasteiger partial charge is 0.374 e. The summed E-state index contributed by atoms with van der Waals surface area (Å²) >= 11 is 0. The lowest BCUT2D eigenvalue weighted by Gasteiger charge is -2.35. The quantitative estimate of drug-likeness (QED) is 0.487. The van der Waals surface area contributed by atoms with Crippen molar-refractivity contribution in [1.29, 1.82) is 0 Å². The van der Waals surface area contributed by atoms with E-state index in [9.17, 15) is 9.59 Å². The zero-order valence-corrected chi connectivity index (χ0v) is 22.8. The first kappa shape index (κ1) is 25.6. The van der Waals surface area contributed by atoms with E-state index in [0.717, 1.165) is 43.7 Å². The number of carbonyl (C=O) groups excluding carboxylic acids is 2. The number of nitrogens with zero attached hydrogens (tertiary/aromatic N) is 4. The van der Waals surface area contributed by atoms with Crippen LogP contribution in [0.5, 0.6) is 0 Å². The lowest BCUT2D eigenvalue weighted by atomic mass is 9.82. The number of amides is 2. The molecule has 3 heterocycles. The van der Waals surface area contributed by atoms with Crippen molar-refractivity contribution in [2.75, 3.05) is 29.9 Å². The fourth-order valence-electron chi connectivity index (χ4n) is 6.27. The van der Waals surface area contributed by atoms with E-state index < -0.39 is 6.04 Å². The highest BCUT2D eigenvalue weighted by atomic mass is 16.5. The van der Waals surface area contributed by atoms with Crippen LogP contribution in [-0.4, -0.2) is 58.4 Å². The average Bonchev–Trinajstić information content (AvgIpc) is 3.44. The monoisotopic (exact) mass is 528 g/mol. The van der Waals surface area contributed by atoms with E-state index in [-0.39, 0.29) is 29.3 Å². The molecule has 2 unspecified atom stereocenters. The SMILES string of the molecule is CC(C)C1CN(c2ccc(NC(=O)[C@@H](NC(=O)c3ccnn3C)C3c4ccccc4CC34CC4)cn2)CCO1. The summed E-state index contributed by atoms with van der Waals surface area (Å²) in [5, 5.41) is 10.3. The summed E-state index contributed by atoms with van der Waals surface area (Å²) in [6.45, 7) is 6.58. The van der Waals surface area contributed by atoms with Crippen LogP contribution in [-0.2, 0) is 23.0 Å². The third-order valence-corrected chi connectivity index (χ3v) is 8.62. The van der Waals surface area contributed by atoms with Gasteiger partial charge in [0.25, 0.3) is 5.91 Å². The van der Waals surface area contributed by atoms with Crippen LogP contribution in [0.3, 0.4) is 0 Å². The highest BCUT2D eigenvalue weighted by Gasteiger charge is 2.58. The second-order valence-electron chi connectivity index (χ2n) is 11.5. The average molecular weight is 529 g/mol. The highest BCUT2D eigenvalue weighted by molar-refractivity contribution is 6.01. The van der Waals surface area contributed by atoms with E-state index in [1.165, 1.54) is 10.2 Å². The normalized spacial score (nSPS) is 22.0. The molecule has 1 aliphatic heterocycles. The molecule has 9 heteroatoms. The molecule has 0 radical (unpaired) electrons. The molecule has 204 valence electrons. The van der Waals surface area contributed by atoms with Crippen LogP contribution in [0.15, 0.2) is 54.9 Å². The molecule has 9 nitrogen and oxygen atoms in total. The molecule has 39 heavy (non-hydrogen) atoms. The number of pyridine rings is 1. The standard InChI is InChI=1S/C30H36N6O3/c1-19(2)24-18-36(14-15-39-24)25-9-8-21(17-31-25)33-29(38)27(34-28(37)23-10-13-32-35(23)3)26-22-7-5-4-6-20(22)16-30(26)11-12-30/h4-10,13,17,19,24,26-27H,11-12,14-16,18H2,1-3H3,(H,33,38)(H,34,37)/t24?,26?,27-/m0/s1. The number of hydrogen-bond acceptors (Lipinski definition) is 6. The zero-order chi connectivity index (χ0) is 27.1. The van der Waals surface area contributed by atoms with Gasteiger partial charge in [0, 0.05) is 32.3 Å². The second-order valence-corrected chi connectivity index (χ2v) is 11.5. The number of ether oxygens (including phenoxy) is 1. The lowest BCUT2D eigenvalue weighted by molar-refractivity contribution is -0.118. The summed E-state index contributed by atoms with van der Waals surface area (Å²) in [5.74, 6) is 0.652. The second kappa shape index (κ2) is 10.1. The molecule has 3 aliphatic rings. The van der Waals surface area contributed by atoms with E-state index in [1.54, 1.807) is 25.5 Å². The molecule has 2 fully saturated rings. The van der Waals surface area contributed by atoms with Gasteiger partial charge in [-0.1, -0.05) is 38.1 Å². The van der Waals surface area contributed by atoms with Crippen LogP contribution < -0.4 is 15.5 Å².